The molecule has 2 amide bonds. The molecule has 0 spiro atoms. The van der Waals surface area contributed by atoms with Gasteiger partial charge in [-0.15, -0.1) is 0 Å². The van der Waals surface area contributed by atoms with Crippen molar-refractivity contribution in [2.45, 2.75) is 32.7 Å². The summed E-state index contributed by atoms with van der Waals surface area (Å²) in [7, 11) is 0. The lowest BCUT2D eigenvalue weighted by atomic mass is 10.0. The van der Waals surface area contributed by atoms with Gasteiger partial charge in [0.1, 0.15) is 6.04 Å². The second-order valence-electron chi connectivity index (χ2n) is 7.23. The van der Waals surface area contributed by atoms with Crippen molar-refractivity contribution in [3.63, 3.8) is 0 Å². The van der Waals surface area contributed by atoms with Gasteiger partial charge < -0.3 is 15.5 Å². The first-order valence-electron chi connectivity index (χ1n) is 9.45. The number of benzene rings is 2. The molecule has 2 aromatic carbocycles. The molecule has 0 saturated heterocycles. The Morgan fingerprint density at radius 1 is 0.966 bits per heavy atom. The average molecular weight is 398 g/mol. The van der Waals surface area contributed by atoms with E-state index in [1.807, 2.05) is 32.0 Å². The third-order valence-electron chi connectivity index (χ3n) is 4.49. The highest BCUT2D eigenvalue weighted by Crippen LogP contribution is 2.15. The zero-order chi connectivity index (χ0) is 21.4. The first-order valence-corrected chi connectivity index (χ1v) is 9.45. The molecule has 0 saturated carbocycles. The molecule has 3 N–H and O–H groups in total. The van der Waals surface area contributed by atoms with Crippen molar-refractivity contribution in [2.24, 2.45) is 5.92 Å². The Hall–Kier alpha value is -3.35. The molecule has 29 heavy (non-hydrogen) atoms. The fraction of sp³-hybridized carbons (Fsp3) is 0.318. The molecule has 1 atom stereocenters. The predicted molar refractivity (Wildman–Crippen MR) is 110 cm³/mol. The van der Waals surface area contributed by atoms with Gasteiger partial charge in [0, 0.05) is 17.8 Å². The molecule has 0 heterocycles. The van der Waals surface area contributed by atoms with Crippen molar-refractivity contribution < 1.29 is 24.6 Å². The van der Waals surface area contributed by atoms with Crippen LogP contribution in [0.15, 0.2) is 54.6 Å². The zero-order valence-electron chi connectivity index (χ0n) is 16.5. The highest BCUT2D eigenvalue weighted by molar-refractivity contribution is 6.04. The molecule has 154 valence electrons. The van der Waals surface area contributed by atoms with Crippen LogP contribution >= 0.6 is 0 Å². The number of amides is 2. The Kier molecular flexibility index (Phi) is 7.77. The van der Waals surface area contributed by atoms with Crippen molar-refractivity contribution in [3.8, 4) is 0 Å². The second kappa shape index (κ2) is 10.3. The first kappa shape index (κ1) is 21.9. The summed E-state index contributed by atoms with van der Waals surface area (Å²) in [5, 5.41) is 21.7. The SMILES string of the molecule is CC(C)CC(C(=O)O)N(CCc1ccc(C(=O)Nc2ccccc2)cc1)C(=O)O. The van der Waals surface area contributed by atoms with Gasteiger partial charge in [-0.05, 0) is 48.6 Å². The van der Waals surface area contributed by atoms with Crippen molar-refractivity contribution >= 4 is 23.7 Å². The molecule has 0 aromatic heterocycles. The van der Waals surface area contributed by atoms with E-state index in [-0.39, 0.29) is 24.8 Å². The predicted octanol–water partition coefficient (Wildman–Crippen LogP) is 3.96. The number of carbonyl (C=O) groups excluding carboxylic acids is 1. The second-order valence-corrected chi connectivity index (χ2v) is 7.23. The lowest BCUT2D eigenvalue weighted by Gasteiger charge is -2.27. The quantitative estimate of drug-likeness (QED) is 0.593. The highest BCUT2D eigenvalue weighted by atomic mass is 16.4. The molecule has 0 fully saturated rings. The minimum atomic E-state index is -1.25. The van der Waals surface area contributed by atoms with Crippen LogP contribution in [-0.4, -0.2) is 45.7 Å². The molecule has 0 aliphatic carbocycles. The monoisotopic (exact) mass is 398 g/mol. The fourth-order valence-corrected chi connectivity index (χ4v) is 2.99. The molecule has 7 nitrogen and oxygen atoms in total. The van der Waals surface area contributed by atoms with E-state index in [0.717, 1.165) is 10.5 Å². The van der Waals surface area contributed by atoms with Gasteiger partial charge in [0.05, 0.1) is 0 Å². The van der Waals surface area contributed by atoms with E-state index in [4.69, 9.17) is 0 Å². The number of anilines is 1. The summed E-state index contributed by atoms with van der Waals surface area (Å²) in [6, 6.07) is 14.9. The third kappa shape index (κ3) is 6.64. The molecule has 7 heteroatoms. The van der Waals surface area contributed by atoms with Crippen molar-refractivity contribution in [1.29, 1.82) is 0 Å². The molecule has 2 aromatic rings. The van der Waals surface area contributed by atoms with Crippen molar-refractivity contribution in [3.05, 3.63) is 65.7 Å². The summed E-state index contributed by atoms with van der Waals surface area (Å²) in [6.45, 7) is 3.78. The van der Waals surface area contributed by atoms with E-state index in [9.17, 15) is 24.6 Å². The van der Waals surface area contributed by atoms with E-state index in [0.29, 0.717) is 17.7 Å². The number of rotatable bonds is 9. The standard InChI is InChI=1S/C22H26N2O5/c1-15(2)14-19(21(26)27)24(22(28)29)13-12-16-8-10-17(11-9-16)20(25)23-18-6-4-3-5-7-18/h3-11,15,19H,12-14H2,1-2H3,(H,23,25)(H,26,27)(H,28,29). The lowest BCUT2D eigenvalue weighted by molar-refractivity contribution is -0.143. The van der Waals surface area contributed by atoms with Crippen LogP contribution in [0.25, 0.3) is 0 Å². The Balaban J connectivity index is 2.01. The van der Waals surface area contributed by atoms with Gasteiger partial charge in [0.25, 0.3) is 5.91 Å². The number of para-hydroxylation sites is 1. The molecule has 1 unspecified atom stereocenters. The Morgan fingerprint density at radius 2 is 1.59 bits per heavy atom. The molecule has 0 bridgehead atoms. The minimum Gasteiger partial charge on any atom is -0.480 e. The Labute approximate surface area is 170 Å². The van der Waals surface area contributed by atoms with Crippen LogP contribution in [0.1, 0.15) is 36.2 Å². The average Bonchev–Trinajstić information content (AvgIpc) is 2.67. The summed E-state index contributed by atoms with van der Waals surface area (Å²) >= 11 is 0. The highest BCUT2D eigenvalue weighted by Gasteiger charge is 2.29. The normalized spacial score (nSPS) is 11.7. The Bertz CT molecular complexity index is 834. The van der Waals surface area contributed by atoms with E-state index in [2.05, 4.69) is 5.32 Å². The first-order chi connectivity index (χ1) is 13.8. The number of nitrogens with one attached hydrogen (secondary N) is 1. The van der Waals surface area contributed by atoms with E-state index in [1.54, 1.807) is 36.4 Å². The van der Waals surface area contributed by atoms with Crippen LogP contribution in [0.3, 0.4) is 0 Å². The summed E-state index contributed by atoms with van der Waals surface area (Å²) < 4.78 is 0. The van der Waals surface area contributed by atoms with Crippen LogP contribution in [0.5, 0.6) is 0 Å². The van der Waals surface area contributed by atoms with Crippen molar-refractivity contribution in [2.75, 3.05) is 11.9 Å². The van der Waals surface area contributed by atoms with Crippen molar-refractivity contribution in [1.82, 2.24) is 4.90 Å². The van der Waals surface area contributed by atoms with Crippen LogP contribution in [-0.2, 0) is 11.2 Å². The van der Waals surface area contributed by atoms with Gasteiger partial charge in [-0.25, -0.2) is 9.59 Å². The number of nitrogens with zero attached hydrogens (tertiary/aromatic N) is 1. The fourth-order valence-electron chi connectivity index (χ4n) is 2.99. The molecule has 0 aliphatic heterocycles. The number of aliphatic carboxylic acids is 1. The van der Waals surface area contributed by atoms with Gasteiger partial charge in [0.2, 0.25) is 0 Å². The third-order valence-corrected chi connectivity index (χ3v) is 4.49. The van der Waals surface area contributed by atoms with Crippen LogP contribution in [0, 0.1) is 5.92 Å². The molecule has 0 radical (unpaired) electrons. The van der Waals surface area contributed by atoms with Gasteiger partial charge in [0.15, 0.2) is 0 Å². The number of carboxylic acid groups (broad SMARTS) is 2. The summed E-state index contributed by atoms with van der Waals surface area (Å²) in [4.78, 5) is 36.3. The molecular weight excluding hydrogens is 372 g/mol. The summed E-state index contributed by atoms with van der Waals surface area (Å²) in [5.74, 6) is -1.33. The molecule has 0 aliphatic rings. The molecule has 2 rings (SSSR count). The number of hydrogen-bond acceptors (Lipinski definition) is 3. The number of hydrogen-bond donors (Lipinski definition) is 3. The zero-order valence-corrected chi connectivity index (χ0v) is 16.5. The van der Waals surface area contributed by atoms with Gasteiger partial charge in [-0.3, -0.25) is 9.69 Å². The number of carbonyl (C=O) groups is 3. The lowest BCUT2D eigenvalue weighted by Crippen LogP contribution is -2.46. The maximum atomic E-state index is 12.3. The van der Waals surface area contributed by atoms with Gasteiger partial charge in [-0.1, -0.05) is 44.2 Å². The van der Waals surface area contributed by atoms with Gasteiger partial charge >= 0.3 is 12.1 Å². The summed E-state index contributed by atoms with van der Waals surface area (Å²) in [6.07, 6.45) is -0.647. The topological polar surface area (TPSA) is 107 Å². The van der Waals surface area contributed by atoms with E-state index >= 15 is 0 Å². The maximum absolute atomic E-state index is 12.3. The maximum Gasteiger partial charge on any atom is 0.408 e. The number of carboxylic acids is 1. The minimum absolute atomic E-state index is 0.0559. The van der Waals surface area contributed by atoms with E-state index in [1.165, 1.54) is 0 Å². The van der Waals surface area contributed by atoms with Gasteiger partial charge in [-0.2, -0.15) is 0 Å². The summed E-state index contributed by atoms with van der Waals surface area (Å²) in [5.41, 5.74) is 2.00. The van der Waals surface area contributed by atoms with Crippen LogP contribution in [0.4, 0.5) is 10.5 Å². The van der Waals surface area contributed by atoms with Crippen LogP contribution < -0.4 is 5.32 Å². The largest absolute Gasteiger partial charge is 0.480 e. The van der Waals surface area contributed by atoms with E-state index < -0.39 is 18.1 Å². The molecular formula is C22H26N2O5. The smallest absolute Gasteiger partial charge is 0.408 e. The Morgan fingerprint density at radius 3 is 2.10 bits per heavy atom. The van der Waals surface area contributed by atoms with Crippen LogP contribution in [0.2, 0.25) is 0 Å².